The van der Waals surface area contributed by atoms with Crippen LogP contribution in [0.5, 0.6) is 0 Å². The summed E-state index contributed by atoms with van der Waals surface area (Å²) in [6.45, 7) is 5.28. The fourth-order valence-electron chi connectivity index (χ4n) is 3.23. The molecule has 30 heavy (non-hydrogen) atoms. The molecule has 0 radical (unpaired) electrons. The van der Waals surface area contributed by atoms with Crippen molar-refractivity contribution in [3.63, 3.8) is 0 Å². The monoisotopic (exact) mass is 420 g/mol. The zero-order valence-corrected chi connectivity index (χ0v) is 17.7. The summed E-state index contributed by atoms with van der Waals surface area (Å²) >= 11 is 1.32. The number of para-hydroxylation sites is 1. The fourth-order valence-corrected chi connectivity index (χ4v) is 4.10. The normalized spacial score (nSPS) is 10.9. The Balaban J connectivity index is 1.50. The molecular formula is C23H20N2O4S. The molecule has 0 aliphatic heterocycles. The van der Waals surface area contributed by atoms with E-state index in [1.165, 1.54) is 18.3 Å². The van der Waals surface area contributed by atoms with Gasteiger partial charge in [0.1, 0.15) is 12.2 Å². The van der Waals surface area contributed by atoms with Crippen molar-refractivity contribution in [3.05, 3.63) is 76.5 Å². The van der Waals surface area contributed by atoms with Gasteiger partial charge in [0.05, 0.1) is 11.4 Å². The molecule has 2 aromatic heterocycles. The molecule has 0 unspecified atom stereocenters. The first-order valence-corrected chi connectivity index (χ1v) is 10.3. The standard InChI is InChI=1S/C23H20N2O4S/c1-14-7-6-8-18(11-14)25(16(3)26)23-24-17(13-30-23)12-28-22(27)21-15(2)19-9-4-5-10-20(19)29-21/h4-11,13H,12H2,1-3H3. The number of aryl methyl sites for hydroxylation is 2. The van der Waals surface area contributed by atoms with E-state index in [0.29, 0.717) is 16.4 Å². The summed E-state index contributed by atoms with van der Waals surface area (Å²) in [7, 11) is 0. The third-order valence-electron chi connectivity index (χ3n) is 4.69. The number of amides is 1. The molecule has 0 spiro atoms. The highest BCUT2D eigenvalue weighted by Gasteiger charge is 2.21. The number of ether oxygens (including phenoxy) is 1. The van der Waals surface area contributed by atoms with Crippen molar-refractivity contribution in [3.8, 4) is 0 Å². The van der Waals surface area contributed by atoms with Crippen LogP contribution in [0, 0.1) is 13.8 Å². The van der Waals surface area contributed by atoms with Crippen molar-refractivity contribution in [2.75, 3.05) is 4.90 Å². The Morgan fingerprint density at radius 3 is 2.67 bits per heavy atom. The quantitative estimate of drug-likeness (QED) is 0.396. The van der Waals surface area contributed by atoms with E-state index in [1.807, 2.05) is 62.4 Å². The molecule has 6 nitrogen and oxygen atoms in total. The number of aromatic nitrogens is 1. The predicted octanol–water partition coefficient (Wildman–Crippen LogP) is 5.55. The molecule has 2 aromatic carbocycles. The van der Waals surface area contributed by atoms with Gasteiger partial charge < -0.3 is 9.15 Å². The zero-order valence-electron chi connectivity index (χ0n) is 16.8. The van der Waals surface area contributed by atoms with Crippen LogP contribution in [0.15, 0.2) is 58.3 Å². The number of nitrogens with zero attached hydrogens (tertiary/aromatic N) is 2. The average Bonchev–Trinajstić information content (AvgIpc) is 3.31. The smallest absolute Gasteiger partial charge is 0.374 e. The number of carbonyl (C=O) groups excluding carboxylic acids is 2. The largest absolute Gasteiger partial charge is 0.453 e. The Morgan fingerprint density at radius 1 is 1.13 bits per heavy atom. The van der Waals surface area contributed by atoms with Gasteiger partial charge in [-0.05, 0) is 37.6 Å². The summed E-state index contributed by atoms with van der Waals surface area (Å²) in [5, 5.41) is 3.19. The van der Waals surface area contributed by atoms with E-state index >= 15 is 0 Å². The second-order valence-electron chi connectivity index (χ2n) is 6.94. The van der Waals surface area contributed by atoms with Gasteiger partial charge in [-0.15, -0.1) is 11.3 Å². The maximum Gasteiger partial charge on any atom is 0.374 e. The third kappa shape index (κ3) is 3.84. The number of furan rings is 1. The van der Waals surface area contributed by atoms with E-state index in [0.717, 1.165) is 22.2 Å². The molecule has 4 rings (SSSR count). The number of thiazole rings is 1. The zero-order chi connectivity index (χ0) is 21.3. The number of benzene rings is 2. The van der Waals surface area contributed by atoms with E-state index in [9.17, 15) is 9.59 Å². The lowest BCUT2D eigenvalue weighted by Gasteiger charge is -2.18. The maximum atomic E-state index is 12.5. The number of anilines is 2. The van der Waals surface area contributed by atoms with Crippen molar-refractivity contribution >= 4 is 45.0 Å². The van der Waals surface area contributed by atoms with Crippen LogP contribution in [0.3, 0.4) is 0 Å². The molecule has 152 valence electrons. The highest BCUT2D eigenvalue weighted by atomic mass is 32.1. The van der Waals surface area contributed by atoms with E-state index in [4.69, 9.17) is 9.15 Å². The van der Waals surface area contributed by atoms with E-state index in [1.54, 1.807) is 10.3 Å². The van der Waals surface area contributed by atoms with Gasteiger partial charge in [-0.25, -0.2) is 9.78 Å². The summed E-state index contributed by atoms with van der Waals surface area (Å²) < 4.78 is 11.1. The molecule has 0 saturated heterocycles. The summed E-state index contributed by atoms with van der Waals surface area (Å²) in [5.41, 5.74) is 3.75. The van der Waals surface area contributed by atoms with Gasteiger partial charge in [-0.1, -0.05) is 30.3 Å². The lowest BCUT2D eigenvalue weighted by atomic mass is 10.1. The minimum Gasteiger partial charge on any atom is -0.453 e. The highest BCUT2D eigenvalue weighted by molar-refractivity contribution is 7.14. The van der Waals surface area contributed by atoms with Gasteiger partial charge in [-0.2, -0.15) is 0 Å². The van der Waals surface area contributed by atoms with Crippen molar-refractivity contribution in [2.45, 2.75) is 27.4 Å². The number of hydrogen-bond donors (Lipinski definition) is 0. The van der Waals surface area contributed by atoms with Crippen molar-refractivity contribution < 1.29 is 18.7 Å². The van der Waals surface area contributed by atoms with Crippen molar-refractivity contribution in [1.82, 2.24) is 4.98 Å². The molecule has 0 saturated carbocycles. The van der Waals surface area contributed by atoms with Gasteiger partial charge in [-0.3, -0.25) is 9.69 Å². The van der Waals surface area contributed by atoms with E-state index in [2.05, 4.69) is 4.98 Å². The molecule has 0 aliphatic rings. The summed E-state index contributed by atoms with van der Waals surface area (Å²) in [6.07, 6.45) is 0. The molecule has 0 bridgehead atoms. The lowest BCUT2D eigenvalue weighted by molar-refractivity contribution is -0.115. The van der Waals surface area contributed by atoms with E-state index in [-0.39, 0.29) is 18.3 Å². The molecule has 0 fully saturated rings. The predicted molar refractivity (Wildman–Crippen MR) is 116 cm³/mol. The van der Waals surface area contributed by atoms with Crippen LogP contribution in [0.25, 0.3) is 11.0 Å². The summed E-state index contributed by atoms with van der Waals surface area (Å²) in [5.74, 6) is -0.492. The second kappa shape index (κ2) is 8.12. The minimum absolute atomic E-state index is 0.00855. The minimum atomic E-state index is -0.541. The van der Waals surface area contributed by atoms with E-state index < -0.39 is 5.97 Å². The van der Waals surface area contributed by atoms with Gasteiger partial charge in [0.2, 0.25) is 11.7 Å². The number of rotatable bonds is 5. The topological polar surface area (TPSA) is 72.6 Å². The number of carbonyl (C=O) groups is 2. The molecule has 0 atom stereocenters. The summed E-state index contributed by atoms with van der Waals surface area (Å²) in [4.78, 5) is 30.8. The van der Waals surface area contributed by atoms with Crippen LogP contribution in [0.4, 0.5) is 10.8 Å². The molecule has 2 heterocycles. The first-order chi connectivity index (χ1) is 14.4. The lowest BCUT2D eigenvalue weighted by Crippen LogP contribution is -2.22. The van der Waals surface area contributed by atoms with Crippen LogP contribution in [0.1, 0.15) is 34.3 Å². The van der Waals surface area contributed by atoms with Crippen LogP contribution in [0.2, 0.25) is 0 Å². The third-order valence-corrected chi connectivity index (χ3v) is 5.56. The Bertz CT molecular complexity index is 1240. The van der Waals surface area contributed by atoms with Gasteiger partial charge in [0.15, 0.2) is 5.13 Å². The number of hydrogen-bond acceptors (Lipinski definition) is 6. The number of esters is 1. The Labute approximate surface area is 177 Å². The van der Waals surface area contributed by atoms with Crippen molar-refractivity contribution in [2.24, 2.45) is 0 Å². The highest BCUT2D eigenvalue weighted by Crippen LogP contribution is 2.30. The fraction of sp³-hybridized carbons (Fsp3) is 0.174. The molecule has 4 aromatic rings. The maximum absolute atomic E-state index is 12.5. The van der Waals surface area contributed by atoms with Crippen LogP contribution < -0.4 is 4.90 Å². The van der Waals surface area contributed by atoms with Crippen molar-refractivity contribution in [1.29, 1.82) is 0 Å². The molecule has 0 aliphatic carbocycles. The SMILES string of the molecule is CC(=O)N(c1cccc(C)c1)c1nc(COC(=O)c2oc3ccccc3c2C)cs1. The Hall–Kier alpha value is -3.45. The second-order valence-corrected chi connectivity index (χ2v) is 7.78. The van der Waals surface area contributed by atoms with Gasteiger partial charge in [0, 0.05) is 23.3 Å². The average molecular weight is 420 g/mol. The molecule has 7 heteroatoms. The van der Waals surface area contributed by atoms with Crippen LogP contribution >= 0.6 is 11.3 Å². The number of fused-ring (bicyclic) bond motifs is 1. The first-order valence-electron chi connectivity index (χ1n) is 9.41. The molecule has 0 N–H and O–H groups in total. The first kappa shape index (κ1) is 19.8. The summed E-state index contributed by atoms with van der Waals surface area (Å²) in [6, 6.07) is 15.1. The molecule has 1 amide bonds. The Kier molecular flexibility index (Phi) is 5.37. The van der Waals surface area contributed by atoms with Gasteiger partial charge >= 0.3 is 5.97 Å². The van der Waals surface area contributed by atoms with Gasteiger partial charge in [0.25, 0.3) is 0 Å². The molecular weight excluding hydrogens is 400 g/mol. The van der Waals surface area contributed by atoms with Crippen LogP contribution in [-0.2, 0) is 16.1 Å². The van der Waals surface area contributed by atoms with Crippen LogP contribution in [-0.4, -0.2) is 16.9 Å². The Morgan fingerprint density at radius 2 is 1.93 bits per heavy atom.